The molecule has 0 aliphatic carbocycles. The molecule has 82 valence electrons. The van der Waals surface area contributed by atoms with Crippen LogP contribution in [0, 0.1) is 0 Å². The Labute approximate surface area is 91.5 Å². The van der Waals surface area contributed by atoms with E-state index in [4.69, 9.17) is 5.73 Å². The molecule has 0 bridgehead atoms. The molecule has 0 aliphatic heterocycles. The standard InChI is InChI=1S/C13H19NO/c1-3-10(2)12-6-4-5-11(9-12)7-8-13(14)15/h4-6,9-10H,3,7-8H2,1-2H3,(H2,14,15). The SMILES string of the molecule is CCC(C)c1cccc(CCC(N)=O)c1. The van der Waals surface area contributed by atoms with Gasteiger partial charge >= 0.3 is 0 Å². The highest BCUT2D eigenvalue weighted by atomic mass is 16.1. The zero-order valence-corrected chi connectivity index (χ0v) is 9.49. The van der Waals surface area contributed by atoms with Crippen molar-refractivity contribution in [3.8, 4) is 0 Å². The van der Waals surface area contributed by atoms with E-state index in [1.54, 1.807) is 0 Å². The lowest BCUT2D eigenvalue weighted by molar-refractivity contribution is -0.117. The second kappa shape index (κ2) is 5.54. The van der Waals surface area contributed by atoms with Crippen LogP contribution in [0.1, 0.15) is 43.7 Å². The Hall–Kier alpha value is -1.31. The van der Waals surface area contributed by atoms with Gasteiger partial charge in [-0.3, -0.25) is 4.79 Å². The number of carbonyl (C=O) groups is 1. The molecule has 1 amide bonds. The van der Waals surface area contributed by atoms with Crippen molar-refractivity contribution in [2.45, 2.75) is 39.0 Å². The van der Waals surface area contributed by atoms with E-state index in [9.17, 15) is 4.79 Å². The molecule has 2 N–H and O–H groups in total. The molecule has 1 aromatic rings. The number of amides is 1. The maximum atomic E-state index is 10.7. The van der Waals surface area contributed by atoms with Crippen molar-refractivity contribution in [1.82, 2.24) is 0 Å². The van der Waals surface area contributed by atoms with E-state index >= 15 is 0 Å². The fraction of sp³-hybridized carbons (Fsp3) is 0.462. The van der Waals surface area contributed by atoms with Crippen LogP contribution in [0.5, 0.6) is 0 Å². The number of rotatable bonds is 5. The molecule has 0 spiro atoms. The van der Waals surface area contributed by atoms with E-state index in [-0.39, 0.29) is 5.91 Å². The average molecular weight is 205 g/mol. The van der Waals surface area contributed by atoms with E-state index < -0.39 is 0 Å². The predicted molar refractivity (Wildman–Crippen MR) is 62.7 cm³/mol. The van der Waals surface area contributed by atoms with Gasteiger partial charge in [-0.25, -0.2) is 0 Å². The lowest BCUT2D eigenvalue weighted by Crippen LogP contribution is -2.11. The molecule has 1 rings (SSSR count). The summed E-state index contributed by atoms with van der Waals surface area (Å²) >= 11 is 0. The molecule has 0 fully saturated rings. The summed E-state index contributed by atoms with van der Waals surface area (Å²) in [5, 5.41) is 0. The molecule has 0 heterocycles. The first-order valence-corrected chi connectivity index (χ1v) is 5.50. The minimum atomic E-state index is -0.232. The summed E-state index contributed by atoms with van der Waals surface area (Å²) in [6.07, 6.45) is 2.32. The maximum Gasteiger partial charge on any atom is 0.217 e. The fourth-order valence-electron chi connectivity index (χ4n) is 1.56. The van der Waals surface area contributed by atoms with Crippen molar-refractivity contribution >= 4 is 5.91 Å². The molecule has 2 nitrogen and oxygen atoms in total. The summed E-state index contributed by atoms with van der Waals surface area (Å²) < 4.78 is 0. The van der Waals surface area contributed by atoms with Crippen LogP contribution in [0.15, 0.2) is 24.3 Å². The molecule has 0 saturated carbocycles. The van der Waals surface area contributed by atoms with Crippen molar-refractivity contribution in [2.75, 3.05) is 0 Å². The number of primary amides is 1. The molecule has 1 atom stereocenters. The molecule has 15 heavy (non-hydrogen) atoms. The van der Waals surface area contributed by atoms with Gasteiger partial charge in [-0.2, -0.15) is 0 Å². The Bertz CT molecular complexity index is 333. The second-order valence-electron chi connectivity index (χ2n) is 4.02. The number of benzene rings is 1. The molecule has 0 aliphatic rings. The highest BCUT2D eigenvalue weighted by Gasteiger charge is 2.04. The fourth-order valence-corrected chi connectivity index (χ4v) is 1.56. The average Bonchev–Trinajstić information content (AvgIpc) is 2.25. The third-order valence-corrected chi connectivity index (χ3v) is 2.79. The summed E-state index contributed by atoms with van der Waals surface area (Å²) in [5.74, 6) is 0.350. The highest BCUT2D eigenvalue weighted by molar-refractivity contribution is 5.74. The van der Waals surface area contributed by atoms with Crippen LogP contribution in [-0.2, 0) is 11.2 Å². The van der Waals surface area contributed by atoms with Crippen LogP contribution < -0.4 is 5.73 Å². The van der Waals surface area contributed by atoms with Crippen LogP contribution in [0.2, 0.25) is 0 Å². The Kier molecular flexibility index (Phi) is 4.35. The van der Waals surface area contributed by atoms with Gasteiger partial charge in [0.05, 0.1) is 0 Å². The van der Waals surface area contributed by atoms with E-state index in [1.807, 2.05) is 0 Å². The van der Waals surface area contributed by atoms with Crippen LogP contribution >= 0.6 is 0 Å². The lowest BCUT2D eigenvalue weighted by atomic mass is 9.96. The van der Waals surface area contributed by atoms with Gasteiger partial charge in [0.15, 0.2) is 0 Å². The van der Waals surface area contributed by atoms with Crippen molar-refractivity contribution in [2.24, 2.45) is 5.73 Å². The summed E-state index contributed by atoms with van der Waals surface area (Å²) in [4.78, 5) is 10.7. The second-order valence-corrected chi connectivity index (χ2v) is 4.02. The van der Waals surface area contributed by atoms with E-state index in [0.29, 0.717) is 12.3 Å². The maximum absolute atomic E-state index is 10.7. The lowest BCUT2D eigenvalue weighted by Gasteiger charge is -2.10. The Balaban J connectivity index is 2.69. The first-order valence-electron chi connectivity index (χ1n) is 5.50. The zero-order valence-electron chi connectivity index (χ0n) is 9.49. The van der Waals surface area contributed by atoms with Crippen LogP contribution in [-0.4, -0.2) is 5.91 Å². The molecule has 1 unspecified atom stereocenters. The first-order chi connectivity index (χ1) is 7.13. The van der Waals surface area contributed by atoms with Crippen molar-refractivity contribution in [3.63, 3.8) is 0 Å². The van der Waals surface area contributed by atoms with Gasteiger partial charge in [0.2, 0.25) is 5.91 Å². The quantitative estimate of drug-likeness (QED) is 0.789. The molecule has 0 radical (unpaired) electrons. The molecule has 1 aromatic carbocycles. The van der Waals surface area contributed by atoms with Gasteiger partial charge in [-0.1, -0.05) is 38.1 Å². The number of aryl methyl sites for hydroxylation is 1. The number of hydrogen-bond acceptors (Lipinski definition) is 1. The monoisotopic (exact) mass is 205 g/mol. The minimum Gasteiger partial charge on any atom is -0.370 e. The van der Waals surface area contributed by atoms with Gasteiger partial charge < -0.3 is 5.73 Å². The van der Waals surface area contributed by atoms with Gasteiger partial charge in [-0.15, -0.1) is 0 Å². The van der Waals surface area contributed by atoms with Gasteiger partial charge in [0.1, 0.15) is 0 Å². The van der Waals surface area contributed by atoms with Crippen molar-refractivity contribution in [3.05, 3.63) is 35.4 Å². The van der Waals surface area contributed by atoms with E-state index in [2.05, 4.69) is 38.1 Å². The topological polar surface area (TPSA) is 43.1 Å². The van der Waals surface area contributed by atoms with Crippen molar-refractivity contribution in [1.29, 1.82) is 0 Å². The number of hydrogen-bond donors (Lipinski definition) is 1. The van der Waals surface area contributed by atoms with E-state index in [1.165, 1.54) is 11.1 Å². The third kappa shape index (κ3) is 3.74. The van der Waals surface area contributed by atoms with Gasteiger partial charge in [0, 0.05) is 6.42 Å². The van der Waals surface area contributed by atoms with Gasteiger partial charge in [0.25, 0.3) is 0 Å². The smallest absolute Gasteiger partial charge is 0.217 e. The van der Waals surface area contributed by atoms with Crippen LogP contribution in [0.4, 0.5) is 0 Å². The molecule has 0 saturated heterocycles. The van der Waals surface area contributed by atoms with Crippen LogP contribution in [0.3, 0.4) is 0 Å². The minimum absolute atomic E-state index is 0.232. The summed E-state index contributed by atoms with van der Waals surface area (Å²) in [6.45, 7) is 4.40. The number of nitrogens with two attached hydrogens (primary N) is 1. The molecular weight excluding hydrogens is 186 g/mol. The molecule has 2 heteroatoms. The molecule has 0 aromatic heterocycles. The predicted octanol–water partition coefficient (Wildman–Crippen LogP) is 2.62. The Morgan fingerprint density at radius 3 is 2.80 bits per heavy atom. The largest absolute Gasteiger partial charge is 0.370 e. The Morgan fingerprint density at radius 1 is 1.47 bits per heavy atom. The summed E-state index contributed by atoms with van der Waals surface area (Å²) in [6, 6.07) is 8.42. The summed E-state index contributed by atoms with van der Waals surface area (Å²) in [5.41, 5.74) is 7.67. The normalized spacial score (nSPS) is 12.4. The number of carbonyl (C=O) groups excluding carboxylic acids is 1. The third-order valence-electron chi connectivity index (χ3n) is 2.79. The van der Waals surface area contributed by atoms with Crippen molar-refractivity contribution < 1.29 is 4.79 Å². The zero-order chi connectivity index (χ0) is 11.3. The highest BCUT2D eigenvalue weighted by Crippen LogP contribution is 2.19. The Morgan fingerprint density at radius 2 is 2.20 bits per heavy atom. The molecular formula is C13H19NO. The summed E-state index contributed by atoms with van der Waals surface area (Å²) in [7, 11) is 0. The van der Waals surface area contributed by atoms with Crippen LogP contribution in [0.25, 0.3) is 0 Å². The van der Waals surface area contributed by atoms with Gasteiger partial charge in [-0.05, 0) is 29.9 Å². The first kappa shape index (κ1) is 11.8. The van der Waals surface area contributed by atoms with E-state index in [0.717, 1.165) is 12.8 Å².